The van der Waals surface area contributed by atoms with Gasteiger partial charge in [-0.25, -0.2) is 0 Å². The summed E-state index contributed by atoms with van der Waals surface area (Å²) in [4.78, 5) is 0. The van der Waals surface area contributed by atoms with Gasteiger partial charge in [0.1, 0.15) is 0 Å². The second kappa shape index (κ2) is 7.73. The minimum Gasteiger partial charge on any atom is -0.393 e. The van der Waals surface area contributed by atoms with Gasteiger partial charge in [0.05, 0.1) is 11.8 Å². The van der Waals surface area contributed by atoms with Gasteiger partial charge in [-0.2, -0.15) is 10.2 Å². The molecule has 1 aromatic heterocycles. The molecule has 0 saturated heterocycles. The van der Waals surface area contributed by atoms with Crippen LogP contribution in [-0.2, 0) is 6.42 Å². The van der Waals surface area contributed by atoms with Crippen LogP contribution in [0, 0.1) is 40.4 Å². The van der Waals surface area contributed by atoms with E-state index >= 15 is 0 Å². The number of nitrogens with zero attached hydrogens (tertiary/aromatic N) is 2. The summed E-state index contributed by atoms with van der Waals surface area (Å²) >= 11 is 0. The third-order valence-corrected chi connectivity index (χ3v) is 10.3. The molecule has 3 saturated carbocycles. The number of aromatic nitrogens is 2. The van der Waals surface area contributed by atoms with Crippen molar-refractivity contribution in [1.29, 1.82) is 0 Å². The molecule has 8 atom stereocenters. The van der Waals surface area contributed by atoms with Crippen molar-refractivity contribution in [2.75, 3.05) is 0 Å². The summed E-state index contributed by atoms with van der Waals surface area (Å²) in [6.07, 6.45) is 16.6. The van der Waals surface area contributed by atoms with Crippen LogP contribution < -0.4 is 0 Å². The van der Waals surface area contributed by atoms with E-state index in [-0.39, 0.29) is 6.10 Å². The van der Waals surface area contributed by atoms with E-state index in [1.165, 1.54) is 44.9 Å². The van der Waals surface area contributed by atoms with Gasteiger partial charge in [0.15, 0.2) is 0 Å². The third-order valence-electron chi connectivity index (χ3n) is 10.3. The Balaban J connectivity index is 1.31. The molecule has 5 rings (SSSR count). The number of aryl methyl sites for hydroxylation is 1. The molecule has 1 aromatic rings. The van der Waals surface area contributed by atoms with Crippen molar-refractivity contribution < 1.29 is 5.11 Å². The lowest BCUT2D eigenvalue weighted by Gasteiger charge is -2.58. The second-order valence-corrected chi connectivity index (χ2v) is 11.6. The van der Waals surface area contributed by atoms with Gasteiger partial charge in [-0.15, -0.1) is 0 Å². The standard InChI is InChI=1S/C27H40N2O/c1-18(6-8-20-5-4-16-28-29-20)23-10-11-24-22-9-7-19-17-21(30)12-14-26(19,2)25(22)13-15-27(23,24)3/h4-5,7,16,18,21-25,30H,6,8-15,17H2,1-3H3/t18?,21-,22-,23+,24-,25-,26-,27+/m0/s1. The van der Waals surface area contributed by atoms with Crippen LogP contribution in [0.15, 0.2) is 30.0 Å². The minimum absolute atomic E-state index is 0.0965. The van der Waals surface area contributed by atoms with E-state index in [9.17, 15) is 5.11 Å². The molecule has 3 nitrogen and oxygen atoms in total. The first-order valence-electron chi connectivity index (χ1n) is 12.6. The highest BCUT2D eigenvalue weighted by Gasteiger charge is 2.59. The molecule has 3 fully saturated rings. The van der Waals surface area contributed by atoms with Crippen molar-refractivity contribution in [3.05, 3.63) is 35.7 Å². The lowest BCUT2D eigenvalue weighted by Crippen LogP contribution is -2.50. The van der Waals surface area contributed by atoms with E-state index < -0.39 is 0 Å². The Hall–Kier alpha value is -1.22. The lowest BCUT2D eigenvalue weighted by molar-refractivity contribution is -0.0571. The van der Waals surface area contributed by atoms with Crippen LogP contribution in [-0.4, -0.2) is 21.4 Å². The third kappa shape index (κ3) is 3.27. The average Bonchev–Trinajstić information content (AvgIpc) is 3.10. The molecule has 1 heterocycles. The van der Waals surface area contributed by atoms with Gasteiger partial charge in [0, 0.05) is 6.20 Å². The molecule has 0 spiro atoms. The van der Waals surface area contributed by atoms with Crippen LogP contribution in [0.1, 0.15) is 84.3 Å². The zero-order chi connectivity index (χ0) is 20.9. The number of aliphatic hydroxyl groups is 1. The molecule has 30 heavy (non-hydrogen) atoms. The quantitative estimate of drug-likeness (QED) is 0.623. The molecule has 1 N–H and O–H groups in total. The maximum absolute atomic E-state index is 10.2. The lowest BCUT2D eigenvalue weighted by atomic mass is 9.47. The predicted octanol–water partition coefficient (Wildman–Crippen LogP) is 5.99. The van der Waals surface area contributed by atoms with E-state index in [2.05, 4.69) is 43.1 Å². The van der Waals surface area contributed by atoms with Gasteiger partial charge in [0.2, 0.25) is 0 Å². The first-order chi connectivity index (χ1) is 14.4. The summed E-state index contributed by atoms with van der Waals surface area (Å²) in [6.45, 7) is 7.69. The highest BCUT2D eigenvalue weighted by molar-refractivity contribution is 5.25. The highest BCUT2D eigenvalue weighted by Crippen LogP contribution is 2.67. The summed E-state index contributed by atoms with van der Waals surface area (Å²) in [5.74, 6) is 4.21. The molecule has 0 amide bonds. The van der Waals surface area contributed by atoms with Crippen LogP contribution in [0.4, 0.5) is 0 Å². The Bertz CT molecular complexity index is 791. The van der Waals surface area contributed by atoms with E-state index in [0.29, 0.717) is 10.8 Å². The molecular formula is C27H40N2O. The summed E-state index contributed by atoms with van der Waals surface area (Å²) in [6, 6.07) is 4.13. The fourth-order valence-electron chi connectivity index (χ4n) is 8.66. The first kappa shape index (κ1) is 20.7. The molecule has 0 aliphatic heterocycles. The molecule has 1 unspecified atom stereocenters. The molecule has 0 bridgehead atoms. The minimum atomic E-state index is -0.0965. The zero-order valence-electron chi connectivity index (χ0n) is 19.2. The molecule has 3 heteroatoms. The van der Waals surface area contributed by atoms with Crippen LogP contribution >= 0.6 is 0 Å². The SMILES string of the molecule is CC(CCc1cccnn1)[C@H]1CC[C@H]2[C@@H]3CC=C4C[C@@H](O)CC[C@]4(C)[C@H]3CC[C@]12C. The number of hydrogen-bond donors (Lipinski definition) is 1. The van der Waals surface area contributed by atoms with Crippen LogP contribution in [0.2, 0.25) is 0 Å². The Labute approximate surface area is 182 Å². The zero-order valence-corrected chi connectivity index (χ0v) is 19.2. The van der Waals surface area contributed by atoms with Gasteiger partial charge >= 0.3 is 0 Å². The van der Waals surface area contributed by atoms with Crippen molar-refractivity contribution in [2.24, 2.45) is 40.4 Å². The Morgan fingerprint density at radius 1 is 1.13 bits per heavy atom. The van der Waals surface area contributed by atoms with Crippen molar-refractivity contribution >= 4 is 0 Å². The number of allylic oxidation sites excluding steroid dienone is 1. The molecule has 4 aliphatic carbocycles. The largest absolute Gasteiger partial charge is 0.393 e. The smallest absolute Gasteiger partial charge is 0.0631 e. The maximum Gasteiger partial charge on any atom is 0.0631 e. The molecular weight excluding hydrogens is 368 g/mol. The number of aliphatic hydroxyl groups excluding tert-OH is 1. The summed E-state index contributed by atoms with van der Waals surface area (Å²) in [5, 5.41) is 18.6. The number of hydrogen-bond acceptors (Lipinski definition) is 3. The van der Waals surface area contributed by atoms with Crippen molar-refractivity contribution in [1.82, 2.24) is 10.2 Å². The normalized spacial score (nSPS) is 43.9. The van der Waals surface area contributed by atoms with Crippen LogP contribution in [0.3, 0.4) is 0 Å². The summed E-state index contributed by atoms with van der Waals surface area (Å²) < 4.78 is 0. The average molecular weight is 409 g/mol. The molecule has 164 valence electrons. The first-order valence-corrected chi connectivity index (χ1v) is 12.6. The van der Waals surface area contributed by atoms with E-state index in [4.69, 9.17) is 0 Å². The predicted molar refractivity (Wildman–Crippen MR) is 121 cm³/mol. The number of rotatable bonds is 4. The highest BCUT2D eigenvalue weighted by atomic mass is 16.3. The van der Waals surface area contributed by atoms with Crippen LogP contribution in [0.5, 0.6) is 0 Å². The fraction of sp³-hybridized carbons (Fsp3) is 0.778. The molecule has 4 aliphatic rings. The molecule has 0 aromatic carbocycles. The van der Waals surface area contributed by atoms with Gasteiger partial charge < -0.3 is 5.11 Å². The van der Waals surface area contributed by atoms with Gasteiger partial charge in [0.25, 0.3) is 0 Å². The van der Waals surface area contributed by atoms with Gasteiger partial charge in [-0.1, -0.05) is 32.4 Å². The van der Waals surface area contributed by atoms with Gasteiger partial charge in [-0.05, 0) is 117 Å². The summed E-state index contributed by atoms with van der Waals surface area (Å²) in [5.41, 5.74) is 3.61. The number of fused-ring (bicyclic) bond motifs is 5. The van der Waals surface area contributed by atoms with Crippen molar-refractivity contribution in [3.8, 4) is 0 Å². The van der Waals surface area contributed by atoms with Crippen molar-refractivity contribution in [2.45, 2.75) is 91.1 Å². The monoisotopic (exact) mass is 408 g/mol. The van der Waals surface area contributed by atoms with E-state index in [0.717, 1.165) is 54.5 Å². The Morgan fingerprint density at radius 2 is 2.00 bits per heavy atom. The van der Waals surface area contributed by atoms with E-state index in [1.807, 2.05) is 6.07 Å². The fourth-order valence-corrected chi connectivity index (χ4v) is 8.66. The maximum atomic E-state index is 10.2. The Kier molecular flexibility index (Phi) is 5.32. The second-order valence-electron chi connectivity index (χ2n) is 11.6. The van der Waals surface area contributed by atoms with Crippen LogP contribution in [0.25, 0.3) is 0 Å². The Morgan fingerprint density at radius 3 is 2.80 bits per heavy atom. The summed E-state index contributed by atoms with van der Waals surface area (Å²) in [7, 11) is 0. The van der Waals surface area contributed by atoms with E-state index in [1.54, 1.807) is 11.8 Å². The van der Waals surface area contributed by atoms with Gasteiger partial charge in [-0.3, -0.25) is 0 Å². The molecule has 0 radical (unpaired) electrons. The van der Waals surface area contributed by atoms with Crippen molar-refractivity contribution in [3.63, 3.8) is 0 Å². The topological polar surface area (TPSA) is 46.0 Å².